The molecule has 2 saturated heterocycles. The Bertz CT molecular complexity index is 800. The molecule has 29 heavy (non-hydrogen) atoms. The molecule has 0 radical (unpaired) electrons. The summed E-state index contributed by atoms with van der Waals surface area (Å²) in [5, 5.41) is 2.16. The number of nitrogens with zero attached hydrogens (tertiary/aromatic N) is 1. The zero-order chi connectivity index (χ0) is 20.6. The molecule has 3 fully saturated rings. The molecule has 2 aliphatic heterocycles. The molecule has 5 nitrogen and oxygen atoms in total. The molecule has 1 aliphatic carbocycles. The quantitative estimate of drug-likeness (QED) is 0.619. The van der Waals surface area contributed by atoms with Gasteiger partial charge in [-0.1, -0.05) is 0 Å². The summed E-state index contributed by atoms with van der Waals surface area (Å²) in [6, 6.07) is 2.62. The second-order valence-electron chi connectivity index (χ2n) is 8.79. The van der Waals surface area contributed by atoms with Crippen molar-refractivity contribution in [1.82, 2.24) is 5.32 Å². The van der Waals surface area contributed by atoms with Crippen LogP contribution in [-0.4, -0.2) is 31.2 Å². The average molecular weight is 404 g/mol. The number of aldehydes is 1. The third-order valence-corrected chi connectivity index (χ3v) is 7.12. The Kier molecular flexibility index (Phi) is 5.40. The molecule has 1 unspecified atom stereocenters. The smallest absolute Gasteiger partial charge is 0.234 e. The number of amides is 2. The molecule has 3 aliphatic rings. The Balaban J connectivity index is 1.46. The van der Waals surface area contributed by atoms with Gasteiger partial charge in [-0.05, 0) is 62.5 Å². The number of hydrogen-bond acceptors (Lipinski definition) is 4. The van der Waals surface area contributed by atoms with Crippen LogP contribution in [0.25, 0.3) is 0 Å². The number of carbonyl (C=O) groups is 3. The number of carbonyl (C=O) groups excluding carboxylic acids is 3. The summed E-state index contributed by atoms with van der Waals surface area (Å²) in [5.41, 5.74) is 0.492. The van der Waals surface area contributed by atoms with Crippen LogP contribution in [0.3, 0.4) is 0 Å². The molecule has 7 heteroatoms. The Morgan fingerprint density at radius 3 is 2.17 bits per heavy atom. The topological polar surface area (TPSA) is 66.5 Å². The summed E-state index contributed by atoms with van der Waals surface area (Å²) >= 11 is 0. The van der Waals surface area contributed by atoms with Gasteiger partial charge in [0.1, 0.15) is 17.9 Å². The SMILES string of the molecule is O=CC1CCC2(CC1)CCN(c1cc(F)c(C3CCC(=O)NC3=O)c(F)c1)CC2. The van der Waals surface area contributed by atoms with Crippen molar-refractivity contribution in [2.24, 2.45) is 11.3 Å². The van der Waals surface area contributed by atoms with E-state index < -0.39 is 29.4 Å². The van der Waals surface area contributed by atoms with E-state index >= 15 is 0 Å². The monoisotopic (exact) mass is 404 g/mol. The van der Waals surface area contributed by atoms with Crippen molar-refractivity contribution in [2.45, 2.75) is 57.3 Å². The van der Waals surface area contributed by atoms with Gasteiger partial charge in [0.2, 0.25) is 11.8 Å². The maximum atomic E-state index is 14.8. The molecule has 1 spiro atoms. The summed E-state index contributed by atoms with van der Waals surface area (Å²) < 4.78 is 29.6. The highest BCUT2D eigenvalue weighted by molar-refractivity contribution is 6.01. The highest BCUT2D eigenvalue weighted by Gasteiger charge is 2.38. The van der Waals surface area contributed by atoms with Gasteiger partial charge in [-0.3, -0.25) is 14.9 Å². The van der Waals surface area contributed by atoms with Crippen LogP contribution in [0.15, 0.2) is 12.1 Å². The van der Waals surface area contributed by atoms with E-state index in [2.05, 4.69) is 5.32 Å². The van der Waals surface area contributed by atoms with Crippen LogP contribution in [-0.2, 0) is 14.4 Å². The predicted octanol–water partition coefficient (Wildman–Crippen LogP) is 3.46. The highest BCUT2D eigenvalue weighted by atomic mass is 19.1. The third kappa shape index (κ3) is 3.91. The van der Waals surface area contributed by atoms with Gasteiger partial charge in [-0.25, -0.2) is 8.78 Å². The van der Waals surface area contributed by atoms with E-state index in [9.17, 15) is 23.2 Å². The molecule has 1 aromatic rings. The van der Waals surface area contributed by atoms with Crippen molar-refractivity contribution in [2.75, 3.05) is 18.0 Å². The maximum absolute atomic E-state index is 14.8. The minimum Gasteiger partial charge on any atom is -0.371 e. The standard InChI is InChI=1S/C22H26F2N2O3/c23-17-11-15(12-18(24)20(17)16-1-2-19(28)25-21(16)29)26-9-7-22(8-10-26)5-3-14(13-27)4-6-22/h11-14,16H,1-10H2,(H,25,28,29). The number of hydrogen-bond donors (Lipinski definition) is 1. The molecule has 1 atom stereocenters. The lowest BCUT2D eigenvalue weighted by molar-refractivity contribution is -0.134. The van der Waals surface area contributed by atoms with E-state index in [-0.39, 0.29) is 29.7 Å². The first-order valence-electron chi connectivity index (χ1n) is 10.4. The summed E-state index contributed by atoms with van der Waals surface area (Å²) in [6.07, 6.45) is 7.14. The van der Waals surface area contributed by atoms with Crippen LogP contribution in [0.1, 0.15) is 62.8 Å². The van der Waals surface area contributed by atoms with Gasteiger partial charge in [-0.15, -0.1) is 0 Å². The number of nitrogens with one attached hydrogen (secondary N) is 1. The number of benzene rings is 1. The Labute approximate surface area is 168 Å². The van der Waals surface area contributed by atoms with Gasteiger partial charge in [0, 0.05) is 36.7 Å². The molecule has 0 bridgehead atoms. The minimum atomic E-state index is -0.973. The summed E-state index contributed by atoms with van der Waals surface area (Å²) in [4.78, 5) is 36.3. The molecule has 1 saturated carbocycles. The molecule has 1 aromatic carbocycles. The van der Waals surface area contributed by atoms with E-state index in [1.54, 1.807) is 0 Å². The molecule has 0 aromatic heterocycles. The van der Waals surface area contributed by atoms with Gasteiger partial charge in [0.05, 0.1) is 5.92 Å². The Hall–Kier alpha value is -2.31. The van der Waals surface area contributed by atoms with Crippen LogP contribution in [0, 0.1) is 23.0 Å². The minimum absolute atomic E-state index is 0.0796. The first kappa shape index (κ1) is 20.0. The molecular weight excluding hydrogens is 378 g/mol. The number of halogens is 2. The van der Waals surface area contributed by atoms with Gasteiger partial charge in [0.15, 0.2) is 0 Å². The number of imide groups is 1. The van der Waals surface area contributed by atoms with Gasteiger partial charge in [0.25, 0.3) is 0 Å². The first-order valence-corrected chi connectivity index (χ1v) is 10.4. The van der Waals surface area contributed by atoms with Crippen LogP contribution < -0.4 is 10.2 Å². The van der Waals surface area contributed by atoms with Gasteiger partial charge >= 0.3 is 0 Å². The van der Waals surface area contributed by atoms with E-state index in [0.717, 1.165) is 57.9 Å². The second kappa shape index (κ2) is 7.84. The lowest BCUT2D eigenvalue weighted by Crippen LogP contribution is -2.42. The molecule has 2 heterocycles. The van der Waals surface area contributed by atoms with E-state index in [1.807, 2.05) is 4.90 Å². The van der Waals surface area contributed by atoms with E-state index in [4.69, 9.17) is 0 Å². The summed E-state index contributed by atoms with van der Waals surface area (Å²) in [5.74, 6) is -3.31. The maximum Gasteiger partial charge on any atom is 0.234 e. The Morgan fingerprint density at radius 1 is 1.00 bits per heavy atom. The third-order valence-electron chi connectivity index (χ3n) is 7.12. The molecular formula is C22H26F2N2O3. The fourth-order valence-corrected chi connectivity index (χ4v) is 5.18. The predicted molar refractivity (Wildman–Crippen MR) is 103 cm³/mol. The number of anilines is 1. The van der Waals surface area contributed by atoms with Crippen molar-refractivity contribution in [3.63, 3.8) is 0 Å². The lowest BCUT2D eigenvalue weighted by Gasteiger charge is -2.46. The van der Waals surface area contributed by atoms with Crippen molar-refractivity contribution >= 4 is 23.8 Å². The summed E-state index contributed by atoms with van der Waals surface area (Å²) in [7, 11) is 0. The van der Waals surface area contributed by atoms with Crippen LogP contribution in [0.2, 0.25) is 0 Å². The largest absolute Gasteiger partial charge is 0.371 e. The van der Waals surface area contributed by atoms with E-state index in [0.29, 0.717) is 5.69 Å². The Morgan fingerprint density at radius 2 is 1.62 bits per heavy atom. The first-order chi connectivity index (χ1) is 13.9. The zero-order valence-electron chi connectivity index (χ0n) is 16.4. The molecule has 2 amide bonds. The molecule has 156 valence electrons. The van der Waals surface area contributed by atoms with Crippen molar-refractivity contribution in [3.8, 4) is 0 Å². The van der Waals surface area contributed by atoms with Crippen molar-refractivity contribution < 1.29 is 23.2 Å². The van der Waals surface area contributed by atoms with Crippen molar-refractivity contribution in [1.29, 1.82) is 0 Å². The zero-order valence-corrected chi connectivity index (χ0v) is 16.4. The average Bonchev–Trinajstić information content (AvgIpc) is 2.70. The number of piperidine rings is 2. The number of rotatable bonds is 3. The van der Waals surface area contributed by atoms with Gasteiger partial charge in [-0.2, -0.15) is 0 Å². The fourth-order valence-electron chi connectivity index (χ4n) is 5.18. The molecule has 1 N–H and O–H groups in total. The van der Waals surface area contributed by atoms with Crippen molar-refractivity contribution in [3.05, 3.63) is 29.3 Å². The highest BCUT2D eigenvalue weighted by Crippen LogP contribution is 2.46. The lowest BCUT2D eigenvalue weighted by atomic mass is 9.65. The van der Waals surface area contributed by atoms with Crippen LogP contribution >= 0.6 is 0 Å². The normalized spacial score (nSPS) is 25.2. The van der Waals surface area contributed by atoms with Crippen LogP contribution in [0.4, 0.5) is 14.5 Å². The van der Waals surface area contributed by atoms with Crippen LogP contribution in [0.5, 0.6) is 0 Å². The second-order valence-corrected chi connectivity index (χ2v) is 8.79. The molecule has 4 rings (SSSR count). The summed E-state index contributed by atoms with van der Waals surface area (Å²) in [6.45, 7) is 1.45. The van der Waals surface area contributed by atoms with E-state index in [1.165, 1.54) is 12.1 Å². The fraction of sp³-hybridized carbons (Fsp3) is 0.591. The van der Waals surface area contributed by atoms with Gasteiger partial charge < -0.3 is 9.69 Å².